The van der Waals surface area contributed by atoms with Crippen molar-refractivity contribution in [1.82, 2.24) is 0 Å². The number of ether oxygens (including phenoxy) is 1. The van der Waals surface area contributed by atoms with Crippen LogP contribution in [0.5, 0.6) is 0 Å². The summed E-state index contributed by atoms with van der Waals surface area (Å²) in [5, 5.41) is 8.94. The van der Waals surface area contributed by atoms with Crippen molar-refractivity contribution in [2.24, 2.45) is 0 Å². The Morgan fingerprint density at radius 2 is 2.21 bits per heavy atom. The van der Waals surface area contributed by atoms with Gasteiger partial charge in [0.1, 0.15) is 0 Å². The summed E-state index contributed by atoms with van der Waals surface area (Å²) in [6, 6.07) is 2.91. The number of carboxylic acids is 1. The van der Waals surface area contributed by atoms with Crippen molar-refractivity contribution in [3.8, 4) is 0 Å². The van der Waals surface area contributed by atoms with Gasteiger partial charge < -0.3 is 14.7 Å². The Balaban J connectivity index is 2.36. The van der Waals surface area contributed by atoms with E-state index in [2.05, 4.69) is 15.9 Å². The van der Waals surface area contributed by atoms with Gasteiger partial charge in [0.05, 0.1) is 27.9 Å². The Hall–Kier alpha value is -1.14. The zero-order chi connectivity index (χ0) is 14.2. The third-order valence-electron chi connectivity index (χ3n) is 3.06. The van der Waals surface area contributed by atoms with Crippen LogP contribution in [0.25, 0.3) is 0 Å². The maximum absolute atomic E-state index is 14.3. The lowest BCUT2D eigenvalue weighted by Gasteiger charge is -2.39. The Morgan fingerprint density at radius 1 is 1.53 bits per heavy atom. The molecule has 1 aromatic rings. The highest BCUT2D eigenvalue weighted by Gasteiger charge is 2.29. The van der Waals surface area contributed by atoms with Crippen LogP contribution in [0.1, 0.15) is 24.2 Å². The molecule has 1 aliphatic rings. The molecule has 6 heteroatoms. The van der Waals surface area contributed by atoms with Gasteiger partial charge >= 0.3 is 5.97 Å². The Kier molecular flexibility index (Phi) is 3.82. The topological polar surface area (TPSA) is 49.8 Å². The van der Waals surface area contributed by atoms with Crippen LogP contribution in [0.4, 0.5) is 10.1 Å². The fourth-order valence-corrected chi connectivity index (χ4v) is 2.68. The van der Waals surface area contributed by atoms with Crippen LogP contribution >= 0.6 is 15.9 Å². The van der Waals surface area contributed by atoms with Gasteiger partial charge in [-0.25, -0.2) is 9.18 Å². The van der Waals surface area contributed by atoms with Gasteiger partial charge in [-0.05, 0) is 41.9 Å². The van der Waals surface area contributed by atoms with Crippen molar-refractivity contribution in [1.29, 1.82) is 0 Å². The average molecular weight is 332 g/mol. The summed E-state index contributed by atoms with van der Waals surface area (Å²) in [4.78, 5) is 12.8. The van der Waals surface area contributed by atoms with Crippen LogP contribution in [0, 0.1) is 5.82 Å². The van der Waals surface area contributed by atoms with E-state index in [1.54, 1.807) is 0 Å². The van der Waals surface area contributed by atoms with Crippen molar-refractivity contribution in [3.63, 3.8) is 0 Å². The lowest BCUT2D eigenvalue weighted by molar-refractivity contribution is -0.0278. The molecular formula is C13H15BrFNO3. The SMILES string of the molecule is CC1(C)CN(c2ccc(C(=O)O)c(Br)c2F)CCO1. The van der Waals surface area contributed by atoms with Crippen molar-refractivity contribution in [3.05, 3.63) is 28.0 Å². The molecule has 1 aliphatic heterocycles. The normalized spacial score (nSPS) is 18.4. The third-order valence-corrected chi connectivity index (χ3v) is 3.83. The number of morpholine rings is 1. The highest BCUT2D eigenvalue weighted by atomic mass is 79.9. The van der Waals surface area contributed by atoms with Crippen molar-refractivity contribution in [2.45, 2.75) is 19.4 Å². The molecule has 1 fully saturated rings. The number of nitrogens with zero attached hydrogens (tertiary/aromatic N) is 1. The van der Waals surface area contributed by atoms with Crippen LogP contribution in [0.2, 0.25) is 0 Å². The standard InChI is InChI=1S/C13H15BrFNO3/c1-13(2)7-16(5-6-19-13)9-4-3-8(12(17)18)10(14)11(9)15/h3-4H,5-7H2,1-2H3,(H,17,18). The van der Waals surface area contributed by atoms with Gasteiger partial charge in [0.15, 0.2) is 5.82 Å². The molecule has 0 saturated carbocycles. The molecular weight excluding hydrogens is 317 g/mol. The van der Waals surface area contributed by atoms with Gasteiger partial charge in [-0.3, -0.25) is 0 Å². The minimum absolute atomic E-state index is 0.0122. The second-order valence-electron chi connectivity index (χ2n) is 5.10. The minimum Gasteiger partial charge on any atom is -0.478 e. The van der Waals surface area contributed by atoms with Crippen molar-refractivity contribution in [2.75, 3.05) is 24.6 Å². The predicted molar refractivity (Wildman–Crippen MR) is 73.3 cm³/mol. The van der Waals surface area contributed by atoms with E-state index in [0.29, 0.717) is 25.4 Å². The molecule has 0 unspecified atom stereocenters. The highest BCUT2D eigenvalue weighted by molar-refractivity contribution is 9.10. The van der Waals surface area contributed by atoms with Gasteiger partial charge in [-0.2, -0.15) is 0 Å². The lowest BCUT2D eigenvalue weighted by Crippen LogP contribution is -2.48. The van der Waals surface area contributed by atoms with E-state index in [-0.39, 0.29) is 15.6 Å². The van der Waals surface area contributed by atoms with Crippen LogP contribution in [-0.2, 0) is 4.74 Å². The van der Waals surface area contributed by atoms with Crippen LogP contribution in [0.15, 0.2) is 16.6 Å². The molecule has 2 rings (SSSR count). The molecule has 4 nitrogen and oxygen atoms in total. The van der Waals surface area contributed by atoms with Crippen molar-refractivity contribution < 1.29 is 19.0 Å². The van der Waals surface area contributed by atoms with Crippen molar-refractivity contribution >= 4 is 27.6 Å². The summed E-state index contributed by atoms with van der Waals surface area (Å²) in [6.45, 7) is 5.54. The number of aromatic carboxylic acids is 1. The molecule has 0 radical (unpaired) electrons. The molecule has 1 aromatic carbocycles. The van der Waals surface area contributed by atoms with Crippen LogP contribution in [-0.4, -0.2) is 36.4 Å². The molecule has 104 valence electrons. The molecule has 19 heavy (non-hydrogen) atoms. The second kappa shape index (κ2) is 5.09. The van der Waals surface area contributed by atoms with Gasteiger partial charge in [-0.15, -0.1) is 0 Å². The molecule has 0 amide bonds. The number of benzene rings is 1. The second-order valence-corrected chi connectivity index (χ2v) is 5.89. The monoisotopic (exact) mass is 331 g/mol. The van der Waals surface area contributed by atoms with E-state index >= 15 is 0 Å². The fraction of sp³-hybridized carbons (Fsp3) is 0.462. The first-order valence-electron chi connectivity index (χ1n) is 5.92. The minimum atomic E-state index is -1.15. The van der Waals surface area contributed by atoms with E-state index in [1.807, 2.05) is 18.7 Å². The smallest absolute Gasteiger partial charge is 0.336 e. The van der Waals surface area contributed by atoms with E-state index in [0.717, 1.165) is 0 Å². The van der Waals surface area contributed by atoms with E-state index in [9.17, 15) is 9.18 Å². The summed E-state index contributed by atoms with van der Waals surface area (Å²) in [5.74, 6) is -1.70. The summed E-state index contributed by atoms with van der Waals surface area (Å²) in [6.07, 6.45) is 0. The molecule has 0 bridgehead atoms. The number of carboxylic acid groups (broad SMARTS) is 1. The van der Waals surface area contributed by atoms with Crippen LogP contribution in [0.3, 0.4) is 0 Å². The molecule has 0 atom stereocenters. The van der Waals surface area contributed by atoms with E-state index in [1.165, 1.54) is 12.1 Å². The maximum atomic E-state index is 14.3. The number of hydrogen-bond acceptors (Lipinski definition) is 3. The number of hydrogen-bond donors (Lipinski definition) is 1. The molecule has 0 aromatic heterocycles. The highest BCUT2D eigenvalue weighted by Crippen LogP contribution is 2.31. The Labute approximate surface area is 119 Å². The molecule has 1 saturated heterocycles. The van der Waals surface area contributed by atoms with E-state index < -0.39 is 11.8 Å². The van der Waals surface area contributed by atoms with Crippen LogP contribution < -0.4 is 4.90 Å². The third kappa shape index (κ3) is 2.90. The van der Waals surface area contributed by atoms with Gasteiger partial charge in [0.25, 0.3) is 0 Å². The summed E-state index contributed by atoms with van der Waals surface area (Å²) in [7, 11) is 0. The zero-order valence-electron chi connectivity index (χ0n) is 10.7. The van der Waals surface area contributed by atoms with Gasteiger partial charge in [0, 0.05) is 13.1 Å². The molecule has 0 spiro atoms. The first kappa shape index (κ1) is 14.3. The summed E-state index contributed by atoms with van der Waals surface area (Å²) >= 11 is 3.01. The van der Waals surface area contributed by atoms with Gasteiger partial charge in [0.2, 0.25) is 0 Å². The largest absolute Gasteiger partial charge is 0.478 e. The fourth-order valence-electron chi connectivity index (χ4n) is 2.17. The average Bonchev–Trinajstić information content (AvgIpc) is 2.30. The zero-order valence-corrected chi connectivity index (χ0v) is 12.3. The van der Waals surface area contributed by atoms with Gasteiger partial charge in [-0.1, -0.05) is 0 Å². The Bertz CT molecular complexity index is 519. The Morgan fingerprint density at radius 3 is 2.79 bits per heavy atom. The lowest BCUT2D eigenvalue weighted by atomic mass is 10.1. The number of halogens is 2. The quantitative estimate of drug-likeness (QED) is 0.905. The number of carbonyl (C=O) groups is 1. The first-order chi connectivity index (χ1) is 8.82. The molecule has 0 aliphatic carbocycles. The summed E-state index contributed by atoms with van der Waals surface area (Å²) in [5.41, 5.74) is -0.0233. The summed E-state index contributed by atoms with van der Waals surface area (Å²) < 4.78 is 19.8. The first-order valence-corrected chi connectivity index (χ1v) is 6.71. The molecule has 1 N–H and O–H groups in total. The predicted octanol–water partition coefficient (Wildman–Crippen LogP) is 2.90. The number of rotatable bonds is 2. The van der Waals surface area contributed by atoms with E-state index in [4.69, 9.17) is 9.84 Å². The molecule has 1 heterocycles. The maximum Gasteiger partial charge on any atom is 0.336 e. The number of anilines is 1.